The number of para-hydroxylation sites is 1. The molecule has 13 heteroatoms. The fourth-order valence-corrected chi connectivity index (χ4v) is 3.46. The molecule has 13 nitrogen and oxygen atoms in total. The fourth-order valence-electron chi connectivity index (χ4n) is 3.46. The van der Waals surface area contributed by atoms with Crippen LogP contribution in [0.15, 0.2) is 48.5 Å². The number of benzene rings is 2. The van der Waals surface area contributed by atoms with Crippen molar-refractivity contribution in [3.05, 3.63) is 64.2 Å². The molecule has 1 amide bonds. The van der Waals surface area contributed by atoms with Gasteiger partial charge in [0.25, 0.3) is 11.6 Å². The number of ether oxygens (including phenoxy) is 4. The van der Waals surface area contributed by atoms with Crippen molar-refractivity contribution in [3.8, 4) is 34.5 Å². The number of aromatic nitrogens is 4. The summed E-state index contributed by atoms with van der Waals surface area (Å²) in [6.45, 7) is 0.114. The van der Waals surface area contributed by atoms with Gasteiger partial charge in [0.1, 0.15) is 17.9 Å². The van der Waals surface area contributed by atoms with Crippen molar-refractivity contribution in [1.29, 1.82) is 0 Å². The van der Waals surface area contributed by atoms with Gasteiger partial charge < -0.3 is 24.3 Å². The fraction of sp³-hybridized carbons (Fsp3) is 0.217. The van der Waals surface area contributed by atoms with Crippen LogP contribution in [0.2, 0.25) is 0 Å². The zero-order chi connectivity index (χ0) is 25.7. The normalized spacial score (nSPS) is 10.6. The maximum absolute atomic E-state index is 12.6. The van der Waals surface area contributed by atoms with Gasteiger partial charge in [0, 0.05) is 12.1 Å². The molecule has 2 aromatic carbocycles. The molecule has 0 aliphatic rings. The van der Waals surface area contributed by atoms with E-state index in [9.17, 15) is 14.9 Å². The zero-order valence-corrected chi connectivity index (χ0v) is 19.6. The molecule has 186 valence electrons. The average Bonchev–Trinajstić information content (AvgIpc) is 3.33. The molecule has 1 N–H and O–H groups in total. The largest absolute Gasteiger partial charge is 0.496 e. The Hall–Kier alpha value is -4.94. The summed E-state index contributed by atoms with van der Waals surface area (Å²) in [7, 11) is 4.29. The van der Waals surface area contributed by atoms with Gasteiger partial charge in [-0.05, 0) is 18.2 Å². The maximum Gasteiger partial charge on any atom is 0.286 e. The Bertz CT molecular complexity index is 1420. The highest BCUT2D eigenvalue weighted by Gasteiger charge is 2.24. The molecular weight excluding hydrogens is 472 g/mol. The minimum Gasteiger partial charge on any atom is -0.496 e. The average molecular weight is 494 g/mol. The highest BCUT2D eigenvalue weighted by Crippen LogP contribution is 2.34. The van der Waals surface area contributed by atoms with E-state index in [0.717, 1.165) is 6.07 Å². The van der Waals surface area contributed by atoms with Crippen LogP contribution in [0.1, 0.15) is 10.4 Å². The van der Waals surface area contributed by atoms with E-state index in [-0.39, 0.29) is 36.1 Å². The van der Waals surface area contributed by atoms with E-state index in [2.05, 4.69) is 20.6 Å². The molecule has 0 radical (unpaired) electrons. The highest BCUT2D eigenvalue weighted by molar-refractivity contribution is 5.99. The summed E-state index contributed by atoms with van der Waals surface area (Å²) in [6, 6.07) is 13.1. The van der Waals surface area contributed by atoms with Crippen LogP contribution >= 0.6 is 0 Å². The van der Waals surface area contributed by atoms with Crippen LogP contribution in [-0.2, 0) is 0 Å². The van der Waals surface area contributed by atoms with E-state index in [1.54, 1.807) is 19.2 Å². The lowest BCUT2D eigenvalue weighted by molar-refractivity contribution is -0.385. The Kier molecular flexibility index (Phi) is 7.09. The van der Waals surface area contributed by atoms with E-state index < -0.39 is 16.5 Å². The summed E-state index contributed by atoms with van der Waals surface area (Å²) in [4.78, 5) is 23.4. The van der Waals surface area contributed by atoms with E-state index in [1.165, 1.54) is 24.8 Å². The molecule has 4 aromatic rings. The van der Waals surface area contributed by atoms with Crippen molar-refractivity contribution in [2.45, 2.75) is 0 Å². The Morgan fingerprint density at radius 1 is 1.00 bits per heavy atom. The Morgan fingerprint density at radius 2 is 1.72 bits per heavy atom. The van der Waals surface area contributed by atoms with Crippen molar-refractivity contribution in [3.63, 3.8) is 0 Å². The number of rotatable bonds is 10. The van der Waals surface area contributed by atoms with Gasteiger partial charge in [-0.1, -0.05) is 12.1 Å². The molecule has 0 atom stereocenters. The monoisotopic (exact) mass is 494 g/mol. The van der Waals surface area contributed by atoms with Crippen LogP contribution in [0.4, 0.5) is 5.69 Å². The van der Waals surface area contributed by atoms with Crippen LogP contribution in [0.3, 0.4) is 0 Å². The number of fused-ring (bicyclic) bond motifs is 1. The molecule has 0 saturated heterocycles. The molecule has 0 aliphatic heterocycles. The lowest BCUT2D eigenvalue weighted by atomic mass is 10.1. The molecule has 36 heavy (non-hydrogen) atoms. The first-order valence-electron chi connectivity index (χ1n) is 10.6. The first kappa shape index (κ1) is 24.2. The first-order valence-corrected chi connectivity index (χ1v) is 10.6. The van der Waals surface area contributed by atoms with E-state index >= 15 is 0 Å². The second-order valence-electron chi connectivity index (χ2n) is 7.25. The first-order chi connectivity index (χ1) is 17.5. The predicted molar refractivity (Wildman–Crippen MR) is 127 cm³/mol. The minimum absolute atomic E-state index is 0.0530. The summed E-state index contributed by atoms with van der Waals surface area (Å²) in [5.74, 6) is 1.04. The number of nitrogens with zero attached hydrogens (tertiary/aromatic N) is 5. The zero-order valence-electron chi connectivity index (χ0n) is 19.6. The van der Waals surface area contributed by atoms with Crippen molar-refractivity contribution in [1.82, 2.24) is 25.1 Å². The molecule has 2 heterocycles. The van der Waals surface area contributed by atoms with Crippen molar-refractivity contribution in [2.24, 2.45) is 0 Å². The summed E-state index contributed by atoms with van der Waals surface area (Å²) in [5, 5.41) is 26.8. The Balaban J connectivity index is 1.45. The lowest BCUT2D eigenvalue weighted by Gasteiger charge is -2.11. The third-order valence-electron chi connectivity index (χ3n) is 5.17. The molecule has 0 aliphatic carbocycles. The topological polar surface area (TPSA) is 152 Å². The third kappa shape index (κ3) is 4.80. The maximum atomic E-state index is 12.6. The number of methoxy groups -OCH3 is 3. The van der Waals surface area contributed by atoms with Gasteiger partial charge in [-0.15, -0.1) is 15.3 Å². The number of amides is 1. The number of hydrogen-bond donors (Lipinski definition) is 1. The predicted octanol–water partition coefficient (Wildman–Crippen LogP) is 2.53. The minimum atomic E-state index is -0.662. The molecule has 2 aromatic heterocycles. The van der Waals surface area contributed by atoms with Gasteiger partial charge in [0.05, 0.1) is 44.4 Å². The molecule has 0 bridgehead atoms. The molecular formula is C23H22N6O7. The molecule has 4 rings (SSSR count). The quantitative estimate of drug-likeness (QED) is 0.198. The standard InChI is InChI=1S/C23H22N6O7/c1-33-17-7-5-4-6-14(17)22-26-25-20-8-9-21(27-28(20)22)36-11-10-24-23(30)15-12-18(34-2)19(35-3)13-16(15)29(31)32/h4-9,12-13H,10-11H2,1-3H3,(H,24,30). The second kappa shape index (κ2) is 10.5. The van der Waals surface area contributed by atoms with Crippen LogP contribution in [0.25, 0.3) is 17.0 Å². The van der Waals surface area contributed by atoms with Gasteiger partial charge in [0.15, 0.2) is 23.0 Å². The van der Waals surface area contributed by atoms with E-state index in [1.807, 2.05) is 24.3 Å². The van der Waals surface area contributed by atoms with E-state index in [4.69, 9.17) is 18.9 Å². The van der Waals surface area contributed by atoms with Crippen LogP contribution in [0, 0.1) is 10.1 Å². The van der Waals surface area contributed by atoms with Gasteiger partial charge >= 0.3 is 0 Å². The third-order valence-corrected chi connectivity index (χ3v) is 5.17. The van der Waals surface area contributed by atoms with Gasteiger partial charge in [-0.3, -0.25) is 14.9 Å². The number of carbonyl (C=O) groups is 1. The van der Waals surface area contributed by atoms with Crippen molar-refractivity contribution >= 4 is 17.2 Å². The van der Waals surface area contributed by atoms with Crippen LogP contribution in [-0.4, -0.2) is 65.1 Å². The van der Waals surface area contributed by atoms with Gasteiger partial charge in [-0.2, -0.15) is 4.52 Å². The summed E-state index contributed by atoms with van der Waals surface area (Å²) < 4.78 is 22.8. The van der Waals surface area contributed by atoms with Gasteiger partial charge in [0.2, 0.25) is 5.88 Å². The van der Waals surface area contributed by atoms with E-state index in [0.29, 0.717) is 22.8 Å². The second-order valence-corrected chi connectivity index (χ2v) is 7.25. The summed E-state index contributed by atoms with van der Waals surface area (Å²) >= 11 is 0. The number of nitro groups is 1. The summed E-state index contributed by atoms with van der Waals surface area (Å²) in [6.07, 6.45) is 0. The van der Waals surface area contributed by atoms with Crippen molar-refractivity contribution in [2.75, 3.05) is 34.5 Å². The molecule has 0 unspecified atom stereocenters. The van der Waals surface area contributed by atoms with Crippen LogP contribution in [0.5, 0.6) is 23.1 Å². The Morgan fingerprint density at radius 3 is 2.44 bits per heavy atom. The summed E-state index contributed by atoms with van der Waals surface area (Å²) in [5.41, 5.74) is 0.649. The van der Waals surface area contributed by atoms with Crippen molar-refractivity contribution < 1.29 is 28.7 Å². The Labute approximate surface area is 204 Å². The number of hydrogen-bond acceptors (Lipinski definition) is 10. The number of nitro benzene ring substituents is 1. The molecule has 0 spiro atoms. The number of nitrogens with one attached hydrogen (secondary N) is 1. The van der Waals surface area contributed by atoms with Gasteiger partial charge in [-0.25, -0.2) is 0 Å². The SMILES string of the molecule is COc1cc(C(=O)NCCOc2ccc3nnc(-c4ccccc4OC)n3n2)c([N+](=O)[O-])cc1OC. The lowest BCUT2D eigenvalue weighted by Crippen LogP contribution is -2.28. The smallest absolute Gasteiger partial charge is 0.286 e. The van der Waals surface area contributed by atoms with Crippen LogP contribution < -0.4 is 24.3 Å². The number of carbonyl (C=O) groups excluding carboxylic acids is 1. The molecule has 0 saturated carbocycles. The highest BCUT2D eigenvalue weighted by atomic mass is 16.6. The molecule has 0 fully saturated rings.